The zero-order valence-electron chi connectivity index (χ0n) is 12.1. The van der Waals surface area contributed by atoms with Crippen LogP contribution in [0.4, 0.5) is 0 Å². The zero-order valence-corrected chi connectivity index (χ0v) is 12.1. The molecule has 1 aliphatic rings. The van der Waals surface area contributed by atoms with Crippen LogP contribution in [0.5, 0.6) is 11.5 Å². The van der Waals surface area contributed by atoms with E-state index in [1.165, 1.54) is 31.2 Å². The van der Waals surface area contributed by atoms with Crippen molar-refractivity contribution >= 4 is 0 Å². The van der Waals surface area contributed by atoms with Gasteiger partial charge in [-0.1, -0.05) is 32.8 Å². The van der Waals surface area contributed by atoms with E-state index in [1.54, 1.807) is 0 Å². The van der Waals surface area contributed by atoms with E-state index < -0.39 is 0 Å². The summed E-state index contributed by atoms with van der Waals surface area (Å²) in [5.41, 5.74) is 1.27. The first-order valence-corrected chi connectivity index (χ1v) is 7.45. The van der Waals surface area contributed by atoms with Crippen molar-refractivity contribution in [1.82, 2.24) is 5.32 Å². The molecule has 0 fully saturated rings. The third kappa shape index (κ3) is 4.13. The molecule has 0 saturated carbocycles. The normalized spacial score (nSPS) is 13.8. The molecule has 0 bridgehead atoms. The number of rotatable bonds is 7. The minimum atomic E-state index is 0.628. The molecule has 1 aromatic carbocycles. The second kappa shape index (κ2) is 7.39. The van der Waals surface area contributed by atoms with Gasteiger partial charge >= 0.3 is 0 Å². The van der Waals surface area contributed by atoms with Gasteiger partial charge in [-0.3, -0.25) is 0 Å². The topological polar surface area (TPSA) is 30.5 Å². The van der Waals surface area contributed by atoms with Gasteiger partial charge in [-0.05, 0) is 30.5 Å². The van der Waals surface area contributed by atoms with E-state index in [1.807, 2.05) is 6.07 Å². The highest BCUT2D eigenvalue weighted by atomic mass is 16.6. The van der Waals surface area contributed by atoms with Crippen molar-refractivity contribution in [3.05, 3.63) is 23.8 Å². The quantitative estimate of drug-likeness (QED) is 0.816. The molecule has 3 heteroatoms. The lowest BCUT2D eigenvalue weighted by atomic mass is 10.1. The predicted molar refractivity (Wildman–Crippen MR) is 77.9 cm³/mol. The van der Waals surface area contributed by atoms with Gasteiger partial charge in [-0.25, -0.2) is 0 Å². The van der Waals surface area contributed by atoms with Gasteiger partial charge in [-0.15, -0.1) is 0 Å². The third-order valence-corrected chi connectivity index (χ3v) is 3.48. The minimum absolute atomic E-state index is 0.628. The maximum Gasteiger partial charge on any atom is 0.161 e. The summed E-state index contributed by atoms with van der Waals surface area (Å²) in [7, 11) is 0. The van der Waals surface area contributed by atoms with Gasteiger partial charge in [0.25, 0.3) is 0 Å². The fourth-order valence-electron chi connectivity index (χ4n) is 2.51. The van der Waals surface area contributed by atoms with E-state index >= 15 is 0 Å². The van der Waals surface area contributed by atoms with E-state index in [0.29, 0.717) is 19.3 Å². The summed E-state index contributed by atoms with van der Waals surface area (Å²) in [5.74, 6) is 1.75. The van der Waals surface area contributed by atoms with Crippen LogP contribution < -0.4 is 14.8 Å². The van der Waals surface area contributed by atoms with Crippen molar-refractivity contribution in [2.24, 2.45) is 0 Å². The van der Waals surface area contributed by atoms with E-state index in [0.717, 1.165) is 18.0 Å². The van der Waals surface area contributed by atoms with Crippen LogP contribution in [0, 0.1) is 0 Å². The van der Waals surface area contributed by atoms with Crippen molar-refractivity contribution in [2.45, 2.75) is 52.1 Å². The molecule has 1 N–H and O–H groups in total. The molecule has 106 valence electrons. The minimum Gasteiger partial charge on any atom is -0.486 e. The van der Waals surface area contributed by atoms with Gasteiger partial charge in [0.05, 0.1) is 0 Å². The number of nitrogens with one attached hydrogen (secondary N) is 1. The van der Waals surface area contributed by atoms with Crippen LogP contribution in [0.1, 0.15) is 45.1 Å². The first-order chi connectivity index (χ1) is 9.33. The summed E-state index contributed by atoms with van der Waals surface area (Å²) in [6.45, 7) is 6.70. The Labute approximate surface area is 116 Å². The summed E-state index contributed by atoms with van der Waals surface area (Å²) in [5, 5.41) is 3.65. The summed E-state index contributed by atoms with van der Waals surface area (Å²) < 4.78 is 11.1. The van der Waals surface area contributed by atoms with Gasteiger partial charge in [0, 0.05) is 12.6 Å². The summed E-state index contributed by atoms with van der Waals surface area (Å²) in [6, 6.07) is 6.86. The first kappa shape index (κ1) is 14.2. The largest absolute Gasteiger partial charge is 0.486 e. The molecule has 0 aromatic heterocycles. The van der Waals surface area contributed by atoms with Crippen LogP contribution in [0.15, 0.2) is 18.2 Å². The fourth-order valence-corrected chi connectivity index (χ4v) is 2.51. The summed E-state index contributed by atoms with van der Waals surface area (Å²) in [4.78, 5) is 0. The first-order valence-electron chi connectivity index (χ1n) is 7.45. The van der Waals surface area contributed by atoms with Gasteiger partial charge in [0.2, 0.25) is 0 Å². The standard InChI is InChI=1S/C16H25NO2/c1-3-5-14(6-4-2)17-12-13-7-8-15-16(11-13)19-10-9-18-15/h7-8,11,14,17H,3-6,9-10,12H2,1-2H3. The van der Waals surface area contributed by atoms with Gasteiger partial charge in [0.1, 0.15) is 13.2 Å². The highest BCUT2D eigenvalue weighted by molar-refractivity contribution is 5.43. The van der Waals surface area contributed by atoms with Crippen molar-refractivity contribution in [1.29, 1.82) is 0 Å². The predicted octanol–water partition coefficient (Wildman–Crippen LogP) is 3.52. The molecular formula is C16H25NO2. The Kier molecular flexibility index (Phi) is 5.52. The van der Waals surface area contributed by atoms with Gasteiger partial charge in [0.15, 0.2) is 11.5 Å². The van der Waals surface area contributed by atoms with Crippen LogP contribution in [0.25, 0.3) is 0 Å². The summed E-state index contributed by atoms with van der Waals surface area (Å²) in [6.07, 6.45) is 4.97. The lowest BCUT2D eigenvalue weighted by Crippen LogP contribution is -2.28. The van der Waals surface area contributed by atoms with Crippen LogP contribution >= 0.6 is 0 Å². The van der Waals surface area contributed by atoms with Crippen LogP contribution in [-0.2, 0) is 6.54 Å². The Morgan fingerprint density at radius 1 is 1.05 bits per heavy atom. The van der Waals surface area contributed by atoms with E-state index in [2.05, 4.69) is 31.3 Å². The third-order valence-electron chi connectivity index (χ3n) is 3.48. The SMILES string of the molecule is CCCC(CCC)NCc1ccc2c(c1)OCCO2. The Hall–Kier alpha value is -1.22. The van der Waals surface area contributed by atoms with Gasteiger partial charge < -0.3 is 14.8 Å². The van der Waals surface area contributed by atoms with Crippen molar-refractivity contribution in [2.75, 3.05) is 13.2 Å². The highest BCUT2D eigenvalue weighted by Gasteiger charge is 2.12. The maximum atomic E-state index is 5.61. The maximum absolute atomic E-state index is 5.61. The number of hydrogen-bond donors (Lipinski definition) is 1. The number of fused-ring (bicyclic) bond motifs is 1. The highest BCUT2D eigenvalue weighted by Crippen LogP contribution is 2.30. The Bertz CT molecular complexity index is 386. The lowest BCUT2D eigenvalue weighted by Gasteiger charge is -2.20. The number of ether oxygens (including phenoxy) is 2. The van der Waals surface area contributed by atoms with Crippen LogP contribution in [0.2, 0.25) is 0 Å². The van der Waals surface area contributed by atoms with E-state index in [4.69, 9.17) is 9.47 Å². The molecule has 0 aliphatic carbocycles. The van der Waals surface area contributed by atoms with E-state index in [-0.39, 0.29) is 0 Å². The Morgan fingerprint density at radius 2 is 1.74 bits per heavy atom. The second-order valence-electron chi connectivity index (χ2n) is 5.13. The molecule has 1 heterocycles. The molecule has 0 saturated heterocycles. The average Bonchev–Trinajstić information content (AvgIpc) is 2.45. The molecule has 0 amide bonds. The van der Waals surface area contributed by atoms with Crippen molar-refractivity contribution in [3.8, 4) is 11.5 Å². The van der Waals surface area contributed by atoms with Crippen LogP contribution in [0.3, 0.4) is 0 Å². The smallest absolute Gasteiger partial charge is 0.161 e. The second-order valence-corrected chi connectivity index (χ2v) is 5.13. The molecule has 19 heavy (non-hydrogen) atoms. The fraction of sp³-hybridized carbons (Fsp3) is 0.625. The monoisotopic (exact) mass is 263 g/mol. The van der Waals surface area contributed by atoms with Gasteiger partial charge in [-0.2, -0.15) is 0 Å². The molecule has 0 radical (unpaired) electrons. The molecule has 1 aliphatic heterocycles. The number of benzene rings is 1. The molecule has 0 unspecified atom stereocenters. The molecular weight excluding hydrogens is 238 g/mol. The Balaban J connectivity index is 1.91. The van der Waals surface area contributed by atoms with Crippen molar-refractivity contribution < 1.29 is 9.47 Å². The number of hydrogen-bond acceptors (Lipinski definition) is 3. The molecule has 2 rings (SSSR count). The molecule has 0 atom stereocenters. The van der Waals surface area contributed by atoms with E-state index in [9.17, 15) is 0 Å². The van der Waals surface area contributed by atoms with Crippen molar-refractivity contribution in [3.63, 3.8) is 0 Å². The average molecular weight is 263 g/mol. The zero-order chi connectivity index (χ0) is 13.5. The lowest BCUT2D eigenvalue weighted by molar-refractivity contribution is 0.171. The summed E-state index contributed by atoms with van der Waals surface area (Å²) >= 11 is 0. The molecule has 0 spiro atoms. The molecule has 3 nitrogen and oxygen atoms in total. The molecule has 1 aromatic rings. The van der Waals surface area contributed by atoms with Crippen LogP contribution in [-0.4, -0.2) is 19.3 Å². The Morgan fingerprint density at radius 3 is 2.42 bits per heavy atom.